The maximum Gasteiger partial charge on any atom is 0.291 e. The average molecular weight is 262 g/mol. The molecule has 0 fully saturated rings. The lowest BCUT2D eigenvalue weighted by molar-refractivity contribution is 0.150. The van der Waals surface area contributed by atoms with Crippen molar-refractivity contribution in [1.82, 2.24) is 10.2 Å². The van der Waals surface area contributed by atoms with Gasteiger partial charge in [-0.25, -0.2) is 8.78 Å². The van der Waals surface area contributed by atoms with Gasteiger partial charge in [0.25, 0.3) is 6.43 Å². The quantitative estimate of drug-likeness (QED) is 0.724. The van der Waals surface area contributed by atoms with Crippen molar-refractivity contribution in [2.45, 2.75) is 6.43 Å². The van der Waals surface area contributed by atoms with Crippen molar-refractivity contribution in [3.8, 4) is 0 Å². The van der Waals surface area contributed by atoms with Gasteiger partial charge in [-0.05, 0) is 22.6 Å². The molecule has 0 saturated heterocycles. The van der Waals surface area contributed by atoms with E-state index in [0.29, 0.717) is 3.01 Å². The first-order valence-electron chi connectivity index (χ1n) is 1.97. The van der Waals surface area contributed by atoms with E-state index in [0.717, 1.165) is 11.3 Å². The van der Waals surface area contributed by atoms with E-state index in [1.165, 1.54) is 0 Å². The van der Waals surface area contributed by atoms with Gasteiger partial charge in [0, 0.05) is 0 Å². The Hall–Kier alpha value is 0.150. The molecular formula is C3HF2IN2S. The summed E-state index contributed by atoms with van der Waals surface area (Å²) in [6.45, 7) is 0. The number of nitrogens with zero attached hydrogens (tertiary/aromatic N) is 2. The van der Waals surface area contributed by atoms with Crippen LogP contribution in [0.5, 0.6) is 0 Å². The van der Waals surface area contributed by atoms with Gasteiger partial charge in [-0.1, -0.05) is 11.3 Å². The summed E-state index contributed by atoms with van der Waals surface area (Å²) in [5, 5.41) is 6.43. The van der Waals surface area contributed by atoms with Crippen LogP contribution in [0.25, 0.3) is 0 Å². The van der Waals surface area contributed by atoms with Crippen LogP contribution >= 0.6 is 33.9 Å². The SMILES string of the molecule is FC(F)c1nnc(I)s1. The standard InChI is InChI=1S/C3HF2IN2S/c4-1(5)2-7-8-3(6)9-2/h1H. The Morgan fingerprint density at radius 2 is 2.11 bits per heavy atom. The summed E-state index contributed by atoms with van der Waals surface area (Å²) in [6.07, 6.45) is -2.48. The molecule has 0 aliphatic rings. The van der Waals surface area contributed by atoms with Crippen molar-refractivity contribution < 1.29 is 8.78 Å². The van der Waals surface area contributed by atoms with E-state index in [4.69, 9.17) is 0 Å². The molecule has 0 unspecified atom stereocenters. The molecule has 0 bridgehead atoms. The van der Waals surface area contributed by atoms with Crippen molar-refractivity contribution in [3.63, 3.8) is 0 Å². The monoisotopic (exact) mass is 262 g/mol. The number of halogens is 3. The van der Waals surface area contributed by atoms with Crippen LogP contribution in [0.15, 0.2) is 0 Å². The Bertz CT molecular complexity index is 201. The molecule has 1 heterocycles. The third-order valence-electron chi connectivity index (χ3n) is 0.603. The molecular weight excluding hydrogens is 261 g/mol. The van der Waals surface area contributed by atoms with Crippen LogP contribution in [0.1, 0.15) is 11.4 Å². The van der Waals surface area contributed by atoms with Gasteiger partial charge in [0.05, 0.1) is 0 Å². The molecule has 0 radical (unpaired) electrons. The summed E-state index contributed by atoms with van der Waals surface area (Å²) in [6, 6.07) is 0. The minimum atomic E-state index is -2.48. The van der Waals surface area contributed by atoms with Gasteiger partial charge in [-0.2, -0.15) is 0 Å². The van der Waals surface area contributed by atoms with Crippen LogP contribution in [-0.2, 0) is 0 Å². The van der Waals surface area contributed by atoms with Gasteiger partial charge < -0.3 is 0 Å². The number of rotatable bonds is 1. The zero-order valence-electron chi connectivity index (χ0n) is 4.01. The molecule has 0 amide bonds. The van der Waals surface area contributed by atoms with Gasteiger partial charge in [0.2, 0.25) is 0 Å². The smallest absolute Gasteiger partial charge is 0.202 e. The first-order valence-corrected chi connectivity index (χ1v) is 3.86. The lowest BCUT2D eigenvalue weighted by Gasteiger charge is -1.84. The molecule has 1 rings (SSSR count). The molecule has 0 atom stereocenters. The molecule has 0 aliphatic heterocycles. The Labute approximate surface area is 67.4 Å². The summed E-state index contributed by atoms with van der Waals surface area (Å²) < 4.78 is 23.9. The van der Waals surface area contributed by atoms with E-state index in [1.54, 1.807) is 0 Å². The van der Waals surface area contributed by atoms with E-state index in [9.17, 15) is 8.78 Å². The fraction of sp³-hybridized carbons (Fsp3) is 0.333. The molecule has 0 aromatic carbocycles. The van der Waals surface area contributed by atoms with Gasteiger partial charge in [0.15, 0.2) is 8.02 Å². The molecule has 0 saturated carbocycles. The van der Waals surface area contributed by atoms with Crippen molar-refractivity contribution in [2.24, 2.45) is 0 Å². The molecule has 0 aliphatic carbocycles. The van der Waals surface area contributed by atoms with Crippen LogP contribution in [0.2, 0.25) is 0 Å². The van der Waals surface area contributed by atoms with Crippen molar-refractivity contribution in [3.05, 3.63) is 8.02 Å². The minimum Gasteiger partial charge on any atom is -0.202 e. The highest BCUT2D eigenvalue weighted by molar-refractivity contribution is 14.1. The summed E-state index contributed by atoms with van der Waals surface area (Å²) in [5.41, 5.74) is 0. The van der Waals surface area contributed by atoms with Crippen molar-refractivity contribution in [1.29, 1.82) is 0 Å². The zero-order valence-corrected chi connectivity index (χ0v) is 6.99. The Balaban J connectivity index is 2.85. The maximum atomic E-state index is 11.7. The number of hydrogen-bond donors (Lipinski definition) is 0. The molecule has 50 valence electrons. The predicted octanol–water partition coefficient (Wildman–Crippen LogP) is 2.08. The predicted molar refractivity (Wildman–Crippen MR) is 37.6 cm³/mol. The van der Waals surface area contributed by atoms with E-state index < -0.39 is 6.43 Å². The largest absolute Gasteiger partial charge is 0.291 e. The molecule has 1 aromatic heterocycles. The fourth-order valence-corrected chi connectivity index (χ4v) is 1.51. The molecule has 0 spiro atoms. The second kappa shape index (κ2) is 2.82. The van der Waals surface area contributed by atoms with E-state index in [-0.39, 0.29) is 5.01 Å². The number of alkyl halides is 2. The van der Waals surface area contributed by atoms with Crippen LogP contribution in [0, 0.1) is 3.01 Å². The molecule has 0 N–H and O–H groups in total. The average Bonchev–Trinajstić information content (AvgIpc) is 2.14. The van der Waals surface area contributed by atoms with Gasteiger partial charge >= 0.3 is 0 Å². The van der Waals surface area contributed by atoms with Crippen LogP contribution in [0.3, 0.4) is 0 Å². The van der Waals surface area contributed by atoms with Crippen molar-refractivity contribution in [2.75, 3.05) is 0 Å². The van der Waals surface area contributed by atoms with Crippen molar-refractivity contribution >= 4 is 33.9 Å². The third-order valence-corrected chi connectivity index (χ3v) is 2.20. The summed E-state index contributed by atoms with van der Waals surface area (Å²) >= 11 is 2.76. The summed E-state index contributed by atoms with van der Waals surface area (Å²) in [7, 11) is 0. The molecule has 9 heavy (non-hydrogen) atoms. The number of hydrogen-bond acceptors (Lipinski definition) is 3. The topological polar surface area (TPSA) is 25.8 Å². The van der Waals surface area contributed by atoms with Gasteiger partial charge in [0.1, 0.15) is 0 Å². The highest BCUT2D eigenvalue weighted by Crippen LogP contribution is 2.22. The zero-order chi connectivity index (χ0) is 6.85. The van der Waals surface area contributed by atoms with Gasteiger partial charge in [-0.3, -0.25) is 0 Å². The van der Waals surface area contributed by atoms with Gasteiger partial charge in [-0.15, -0.1) is 10.2 Å². The van der Waals surface area contributed by atoms with E-state index >= 15 is 0 Å². The molecule has 2 nitrogen and oxygen atoms in total. The normalized spacial score (nSPS) is 10.7. The highest BCUT2D eigenvalue weighted by atomic mass is 127. The maximum absolute atomic E-state index is 11.7. The lowest BCUT2D eigenvalue weighted by Crippen LogP contribution is -1.80. The first kappa shape index (κ1) is 7.26. The fourth-order valence-electron chi connectivity index (χ4n) is 0.304. The first-order chi connectivity index (χ1) is 4.20. The minimum absolute atomic E-state index is 0.209. The third kappa shape index (κ3) is 1.78. The Morgan fingerprint density at radius 3 is 2.33 bits per heavy atom. The lowest BCUT2D eigenvalue weighted by atomic mass is 10.8. The summed E-state index contributed by atoms with van der Waals surface area (Å²) in [5.74, 6) is 0. The number of aromatic nitrogens is 2. The second-order valence-electron chi connectivity index (χ2n) is 1.19. The molecule has 6 heteroatoms. The van der Waals surface area contributed by atoms with Crippen LogP contribution in [-0.4, -0.2) is 10.2 Å². The van der Waals surface area contributed by atoms with E-state index in [2.05, 4.69) is 10.2 Å². The van der Waals surface area contributed by atoms with Crippen LogP contribution in [0.4, 0.5) is 8.78 Å². The summed E-state index contributed by atoms with van der Waals surface area (Å²) in [4.78, 5) is 0. The second-order valence-corrected chi connectivity index (χ2v) is 3.96. The molecule has 1 aromatic rings. The highest BCUT2D eigenvalue weighted by Gasteiger charge is 2.11. The Morgan fingerprint density at radius 1 is 1.44 bits per heavy atom. The van der Waals surface area contributed by atoms with E-state index in [1.807, 2.05) is 22.6 Å². The Kier molecular flexibility index (Phi) is 2.28. The van der Waals surface area contributed by atoms with Crippen LogP contribution < -0.4 is 0 Å².